The number of fused-ring (bicyclic) bond motifs is 1. The molecule has 0 N–H and O–H groups in total. The summed E-state index contributed by atoms with van der Waals surface area (Å²) in [5.74, 6) is 1.61. The van der Waals surface area contributed by atoms with Gasteiger partial charge < -0.3 is 9.64 Å². The average molecular weight is 271 g/mol. The highest BCUT2D eigenvalue weighted by molar-refractivity contribution is 5.56. The number of nitrogens with zero attached hydrogens (tertiary/aromatic N) is 3. The van der Waals surface area contributed by atoms with E-state index in [1.807, 2.05) is 18.0 Å². The summed E-state index contributed by atoms with van der Waals surface area (Å²) >= 11 is 0. The minimum atomic E-state index is 0.690. The van der Waals surface area contributed by atoms with Crippen LogP contribution >= 0.6 is 0 Å². The summed E-state index contributed by atoms with van der Waals surface area (Å²) in [5.41, 5.74) is 3.11. The van der Waals surface area contributed by atoms with E-state index < -0.39 is 0 Å². The van der Waals surface area contributed by atoms with Crippen molar-refractivity contribution in [1.29, 1.82) is 5.26 Å². The fraction of sp³-hybridized carbons (Fsp3) is 0.625. The van der Waals surface area contributed by atoms with Gasteiger partial charge in [-0.15, -0.1) is 0 Å². The van der Waals surface area contributed by atoms with Gasteiger partial charge in [-0.3, -0.25) is 0 Å². The number of pyridine rings is 1. The second-order valence-electron chi connectivity index (χ2n) is 5.87. The highest BCUT2D eigenvalue weighted by atomic mass is 16.5. The van der Waals surface area contributed by atoms with Crippen molar-refractivity contribution in [3.63, 3.8) is 0 Å². The van der Waals surface area contributed by atoms with Crippen LogP contribution in [0, 0.1) is 17.2 Å². The summed E-state index contributed by atoms with van der Waals surface area (Å²) in [6.07, 6.45) is 5.90. The minimum Gasteiger partial charge on any atom is -0.379 e. The zero-order valence-corrected chi connectivity index (χ0v) is 12.1. The predicted molar refractivity (Wildman–Crippen MR) is 77.8 cm³/mol. The zero-order chi connectivity index (χ0) is 13.9. The number of aryl methyl sites for hydroxylation is 2. The molecule has 106 valence electrons. The number of likely N-dealkylation sites (N-methyl/N-ethyl adjacent to an activating group) is 1. The minimum absolute atomic E-state index is 0.690. The molecule has 1 heterocycles. The van der Waals surface area contributed by atoms with Crippen molar-refractivity contribution in [2.75, 3.05) is 31.7 Å². The highest BCUT2D eigenvalue weighted by Gasteiger charge is 2.21. The Morgan fingerprint density at radius 3 is 3.05 bits per heavy atom. The highest BCUT2D eigenvalue weighted by Crippen LogP contribution is 2.29. The Kier molecular flexibility index (Phi) is 3.88. The fourth-order valence-electron chi connectivity index (χ4n) is 2.68. The standard InChI is InChI=1S/C16H21N3O/c1-19(7-8-20-11-12-5-6-12)16-14(10-17)9-13-3-2-4-15(13)18-16/h9,12H,2-8,11H2,1H3. The molecule has 1 fully saturated rings. The number of anilines is 1. The molecular formula is C16H21N3O. The molecule has 0 atom stereocenters. The van der Waals surface area contributed by atoms with E-state index in [0.717, 1.165) is 44.1 Å². The van der Waals surface area contributed by atoms with E-state index >= 15 is 0 Å². The summed E-state index contributed by atoms with van der Waals surface area (Å²) in [5, 5.41) is 9.30. The van der Waals surface area contributed by atoms with Gasteiger partial charge in [-0.25, -0.2) is 4.98 Å². The first kappa shape index (κ1) is 13.4. The third kappa shape index (κ3) is 2.94. The molecule has 0 saturated heterocycles. The van der Waals surface area contributed by atoms with Crippen LogP contribution in [0.2, 0.25) is 0 Å². The molecule has 2 aliphatic carbocycles. The van der Waals surface area contributed by atoms with Crippen molar-refractivity contribution in [2.45, 2.75) is 32.1 Å². The van der Waals surface area contributed by atoms with Gasteiger partial charge in [0.2, 0.25) is 0 Å². The van der Waals surface area contributed by atoms with Crippen LogP contribution in [0.25, 0.3) is 0 Å². The number of ether oxygens (including phenoxy) is 1. The molecule has 0 spiro atoms. The van der Waals surface area contributed by atoms with Crippen LogP contribution < -0.4 is 4.90 Å². The Morgan fingerprint density at radius 1 is 1.45 bits per heavy atom. The topological polar surface area (TPSA) is 49.1 Å². The Hall–Kier alpha value is -1.60. The van der Waals surface area contributed by atoms with Crippen LogP contribution in [-0.4, -0.2) is 31.8 Å². The first-order valence-electron chi connectivity index (χ1n) is 7.49. The summed E-state index contributed by atoms with van der Waals surface area (Å²) in [6, 6.07) is 4.30. The molecule has 0 aromatic carbocycles. The normalized spacial score (nSPS) is 16.8. The van der Waals surface area contributed by atoms with Crippen molar-refractivity contribution in [2.24, 2.45) is 5.92 Å². The van der Waals surface area contributed by atoms with Crippen molar-refractivity contribution >= 4 is 5.82 Å². The fourth-order valence-corrected chi connectivity index (χ4v) is 2.68. The first-order chi connectivity index (χ1) is 9.78. The van der Waals surface area contributed by atoms with Gasteiger partial charge in [0.15, 0.2) is 0 Å². The van der Waals surface area contributed by atoms with E-state index in [0.29, 0.717) is 12.2 Å². The van der Waals surface area contributed by atoms with Gasteiger partial charge in [-0.2, -0.15) is 5.26 Å². The Morgan fingerprint density at radius 2 is 2.30 bits per heavy atom. The van der Waals surface area contributed by atoms with Crippen molar-refractivity contribution < 1.29 is 4.74 Å². The lowest BCUT2D eigenvalue weighted by atomic mass is 10.1. The lowest BCUT2D eigenvalue weighted by molar-refractivity contribution is 0.131. The number of rotatable bonds is 6. The molecule has 4 nitrogen and oxygen atoms in total. The summed E-state index contributed by atoms with van der Waals surface area (Å²) < 4.78 is 5.66. The van der Waals surface area contributed by atoms with E-state index in [2.05, 4.69) is 6.07 Å². The summed E-state index contributed by atoms with van der Waals surface area (Å²) in [4.78, 5) is 6.74. The average Bonchev–Trinajstić information content (AvgIpc) is 3.17. The van der Waals surface area contributed by atoms with Crippen molar-refractivity contribution in [3.05, 3.63) is 22.9 Å². The van der Waals surface area contributed by atoms with Gasteiger partial charge in [0, 0.05) is 25.9 Å². The maximum atomic E-state index is 9.30. The molecule has 0 radical (unpaired) electrons. The molecule has 20 heavy (non-hydrogen) atoms. The molecule has 0 bridgehead atoms. The van der Waals surface area contributed by atoms with Crippen LogP contribution in [0.3, 0.4) is 0 Å². The van der Waals surface area contributed by atoms with Gasteiger partial charge in [0.05, 0.1) is 12.2 Å². The lowest BCUT2D eigenvalue weighted by Crippen LogP contribution is -2.25. The number of nitriles is 1. The van der Waals surface area contributed by atoms with Gasteiger partial charge in [-0.05, 0) is 49.7 Å². The Labute approximate surface area is 120 Å². The summed E-state index contributed by atoms with van der Waals surface area (Å²) in [7, 11) is 1.99. The molecule has 0 unspecified atom stereocenters. The first-order valence-corrected chi connectivity index (χ1v) is 7.49. The van der Waals surface area contributed by atoms with Crippen LogP contribution in [-0.2, 0) is 17.6 Å². The van der Waals surface area contributed by atoms with Crippen molar-refractivity contribution in [1.82, 2.24) is 4.98 Å². The molecule has 3 rings (SSSR count). The van der Waals surface area contributed by atoms with Gasteiger partial charge in [0.25, 0.3) is 0 Å². The molecular weight excluding hydrogens is 250 g/mol. The van der Waals surface area contributed by atoms with Gasteiger partial charge in [0.1, 0.15) is 11.9 Å². The predicted octanol–water partition coefficient (Wildman–Crippen LogP) is 2.30. The zero-order valence-electron chi connectivity index (χ0n) is 12.1. The Balaban J connectivity index is 1.63. The number of hydrogen-bond acceptors (Lipinski definition) is 4. The van der Waals surface area contributed by atoms with E-state index in [1.165, 1.54) is 24.1 Å². The molecule has 4 heteroatoms. The van der Waals surface area contributed by atoms with E-state index in [1.54, 1.807) is 0 Å². The van der Waals surface area contributed by atoms with Crippen LogP contribution in [0.15, 0.2) is 6.07 Å². The lowest BCUT2D eigenvalue weighted by Gasteiger charge is -2.20. The molecule has 1 aromatic heterocycles. The monoisotopic (exact) mass is 271 g/mol. The molecule has 0 aliphatic heterocycles. The maximum Gasteiger partial charge on any atom is 0.146 e. The smallest absolute Gasteiger partial charge is 0.146 e. The van der Waals surface area contributed by atoms with Gasteiger partial charge >= 0.3 is 0 Å². The quantitative estimate of drug-likeness (QED) is 0.745. The van der Waals surface area contributed by atoms with Crippen LogP contribution in [0.4, 0.5) is 5.82 Å². The second kappa shape index (κ2) is 5.80. The second-order valence-corrected chi connectivity index (χ2v) is 5.87. The van der Waals surface area contributed by atoms with Crippen molar-refractivity contribution in [3.8, 4) is 6.07 Å². The van der Waals surface area contributed by atoms with E-state index in [4.69, 9.17) is 9.72 Å². The third-order valence-electron chi connectivity index (χ3n) is 4.13. The van der Waals surface area contributed by atoms with Gasteiger partial charge in [-0.1, -0.05) is 0 Å². The van der Waals surface area contributed by atoms with Crippen LogP contribution in [0.5, 0.6) is 0 Å². The molecule has 1 aromatic rings. The SMILES string of the molecule is CN(CCOCC1CC1)c1nc2c(cc1C#N)CCC2. The molecule has 0 amide bonds. The summed E-state index contributed by atoms with van der Waals surface area (Å²) in [6.45, 7) is 2.38. The number of hydrogen-bond donors (Lipinski definition) is 0. The molecule has 1 saturated carbocycles. The largest absolute Gasteiger partial charge is 0.379 e. The van der Waals surface area contributed by atoms with E-state index in [9.17, 15) is 5.26 Å². The number of aromatic nitrogens is 1. The maximum absolute atomic E-state index is 9.30. The third-order valence-corrected chi connectivity index (χ3v) is 4.13. The Bertz CT molecular complexity index is 531. The van der Waals surface area contributed by atoms with E-state index in [-0.39, 0.29) is 0 Å². The molecule has 2 aliphatic rings. The van der Waals surface area contributed by atoms with Crippen LogP contribution in [0.1, 0.15) is 36.1 Å².